The summed E-state index contributed by atoms with van der Waals surface area (Å²) in [5.74, 6) is 0. The molecule has 0 saturated heterocycles. The molecule has 0 aromatic heterocycles. The molecular formula is C10H10N2O3. The number of nitrogens with zero attached hydrogens (tertiary/aromatic N) is 2. The van der Waals surface area contributed by atoms with E-state index in [0.717, 1.165) is 0 Å². The average molecular weight is 206 g/mol. The molecule has 0 radical (unpaired) electrons. The van der Waals surface area contributed by atoms with E-state index in [1.807, 2.05) is 0 Å². The van der Waals surface area contributed by atoms with Gasteiger partial charge in [0.15, 0.2) is 0 Å². The maximum atomic E-state index is 10.8. The van der Waals surface area contributed by atoms with Gasteiger partial charge in [-0.2, -0.15) is 5.26 Å². The second-order valence-corrected chi connectivity index (χ2v) is 3.15. The van der Waals surface area contributed by atoms with Crippen molar-refractivity contribution in [1.82, 2.24) is 0 Å². The molecule has 1 aromatic carbocycles. The Bertz CT molecular complexity index is 423. The van der Waals surface area contributed by atoms with Crippen LogP contribution < -0.4 is 0 Å². The molecule has 1 aromatic rings. The van der Waals surface area contributed by atoms with Crippen molar-refractivity contribution in [3.63, 3.8) is 0 Å². The fourth-order valence-corrected chi connectivity index (χ4v) is 1.40. The molecule has 15 heavy (non-hydrogen) atoms. The number of benzene rings is 1. The molecule has 0 aliphatic heterocycles. The van der Waals surface area contributed by atoms with Crippen LogP contribution in [0.2, 0.25) is 0 Å². The summed E-state index contributed by atoms with van der Waals surface area (Å²) < 4.78 is 0. The Morgan fingerprint density at radius 1 is 1.67 bits per heavy atom. The van der Waals surface area contributed by atoms with Crippen LogP contribution in [0.1, 0.15) is 23.7 Å². The van der Waals surface area contributed by atoms with Crippen molar-refractivity contribution >= 4 is 5.69 Å². The van der Waals surface area contributed by atoms with Gasteiger partial charge < -0.3 is 5.11 Å². The van der Waals surface area contributed by atoms with Gasteiger partial charge in [-0.25, -0.2) is 0 Å². The lowest BCUT2D eigenvalue weighted by molar-refractivity contribution is -0.386. The fraction of sp³-hybridized carbons (Fsp3) is 0.300. The molecule has 0 aliphatic carbocycles. The summed E-state index contributed by atoms with van der Waals surface area (Å²) in [5, 5.41) is 28.7. The zero-order chi connectivity index (χ0) is 11.4. The Hall–Kier alpha value is -1.93. The minimum absolute atomic E-state index is 0.111. The first-order chi connectivity index (χ1) is 7.07. The number of hydrogen-bond acceptors (Lipinski definition) is 4. The van der Waals surface area contributed by atoms with Gasteiger partial charge in [-0.15, -0.1) is 0 Å². The van der Waals surface area contributed by atoms with E-state index < -0.39 is 11.0 Å². The Morgan fingerprint density at radius 3 is 2.87 bits per heavy atom. The number of para-hydroxylation sites is 1. The SMILES string of the molecule is Cc1cccc(C(O)CC#N)c1[N+](=O)[O-]. The van der Waals surface area contributed by atoms with Crippen LogP contribution in [0.4, 0.5) is 5.69 Å². The highest BCUT2D eigenvalue weighted by atomic mass is 16.6. The minimum Gasteiger partial charge on any atom is -0.387 e. The molecule has 0 aliphatic rings. The number of nitro benzene ring substituents is 1. The molecule has 0 amide bonds. The second-order valence-electron chi connectivity index (χ2n) is 3.15. The lowest BCUT2D eigenvalue weighted by atomic mass is 10.0. The topological polar surface area (TPSA) is 87.2 Å². The Kier molecular flexibility index (Phi) is 3.37. The minimum atomic E-state index is -1.10. The van der Waals surface area contributed by atoms with Gasteiger partial charge in [0.2, 0.25) is 0 Å². The summed E-state index contributed by atoms with van der Waals surface area (Å²) in [5.41, 5.74) is 0.566. The van der Waals surface area contributed by atoms with E-state index in [0.29, 0.717) is 5.56 Å². The molecule has 1 rings (SSSR count). The van der Waals surface area contributed by atoms with Crippen LogP contribution in [0.3, 0.4) is 0 Å². The Balaban J connectivity index is 3.23. The zero-order valence-corrected chi connectivity index (χ0v) is 8.17. The van der Waals surface area contributed by atoms with Gasteiger partial charge >= 0.3 is 0 Å². The molecular weight excluding hydrogens is 196 g/mol. The second kappa shape index (κ2) is 4.53. The maximum Gasteiger partial charge on any atom is 0.278 e. The van der Waals surface area contributed by atoms with Crippen molar-refractivity contribution in [3.8, 4) is 6.07 Å². The number of aryl methyl sites for hydroxylation is 1. The van der Waals surface area contributed by atoms with Crippen LogP contribution in [-0.4, -0.2) is 10.0 Å². The lowest BCUT2D eigenvalue weighted by Gasteiger charge is -2.08. The Morgan fingerprint density at radius 2 is 2.33 bits per heavy atom. The quantitative estimate of drug-likeness (QED) is 0.603. The summed E-state index contributed by atoms with van der Waals surface area (Å²) in [4.78, 5) is 10.2. The van der Waals surface area contributed by atoms with Gasteiger partial charge in [0.05, 0.1) is 29.1 Å². The van der Waals surface area contributed by atoms with E-state index in [1.165, 1.54) is 6.07 Å². The third-order valence-electron chi connectivity index (χ3n) is 2.10. The summed E-state index contributed by atoms with van der Waals surface area (Å²) in [6.45, 7) is 1.60. The number of rotatable bonds is 3. The summed E-state index contributed by atoms with van der Waals surface area (Å²) in [7, 11) is 0. The van der Waals surface area contributed by atoms with Crippen LogP contribution in [-0.2, 0) is 0 Å². The van der Waals surface area contributed by atoms with Gasteiger partial charge in [0, 0.05) is 5.56 Å². The third-order valence-corrected chi connectivity index (χ3v) is 2.10. The van der Waals surface area contributed by atoms with Gasteiger partial charge in [-0.1, -0.05) is 12.1 Å². The molecule has 0 saturated carbocycles. The Labute approximate surface area is 86.7 Å². The standard InChI is InChI=1S/C10H10N2O3/c1-7-3-2-4-8(9(13)5-6-11)10(7)12(14)15/h2-4,9,13H,5H2,1H3. The predicted molar refractivity (Wildman–Crippen MR) is 53.0 cm³/mol. The maximum absolute atomic E-state index is 10.8. The van der Waals surface area contributed by atoms with E-state index in [9.17, 15) is 15.2 Å². The van der Waals surface area contributed by atoms with Crippen molar-refractivity contribution < 1.29 is 10.0 Å². The molecule has 1 unspecified atom stereocenters. The van der Waals surface area contributed by atoms with Crippen LogP contribution in [0.5, 0.6) is 0 Å². The number of nitro groups is 1. The van der Waals surface area contributed by atoms with Gasteiger partial charge in [-0.3, -0.25) is 10.1 Å². The third kappa shape index (κ3) is 2.30. The van der Waals surface area contributed by atoms with E-state index in [2.05, 4.69) is 0 Å². The summed E-state index contributed by atoms with van der Waals surface area (Å²) in [6.07, 6.45) is -1.25. The summed E-state index contributed by atoms with van der Waals surface area (Å²) in [6, 6.07) is 6.47. The molecule has 0 fully saturated rings. The molecule has 1 N–H and O–H groups in total. The first-order valence-electron chi connectivity index (χ1n) is 4.37. The van der Waals surface area contributed by atoms with E-state index >= 15 is 0 Å². The molecule has 0 heterocycles. The molecule has 78 valence electrons. The van der Waals surface area contributed by atoms with Crippen molar-refractivity contribution in [2.24, 2.45) is 0 Å². The molecule has 5 heteroatoms. The largest absolute Gasteiger partial charge is 0.387 e. The smallest absolute Gasteiger partial charge is 0.278 e. The number of aliphatic hydroxyl groups excluding tert-OH is 1. The highest BCUT2D eigenvalue weighted by molar-refractivity contribution is 5.48. The van der Waals surface area contributed by atoms with Crippen LogP contribution >= 0.6 is 0 Å². The molecule has 1 atom stereocenters. The number of nitriles is 1. The van der Waals surface area contributed by atoms with Gasteiger partial charge in [0.25, 0.3) is 5.69 Å². The van der Waals surface area contributed by atoms with Crippen molar-refractivity contribution in [1.29, 1.82) is 5.26 Å². The predicted octanol–water partition coefficient (Wildman–Crippen LogP) is 1.85. The number of aliphatic hydroxyl groups is 1. The number of hydrogen-bond donors (Lipinski definition) is 1. The fourth-order valence-electron chi connectivity index (χ4n) is 1.40. The summed E-state index contributed by atoms with van der Waals surface area (Å²) >= 11 is 0. The van der Waals surface area contributed by atoms with Crippen molar-refractivity contribution in [3.05, 3.63) is 39.4 Å². The van der Waals surface area contributed by atoms with Crippen molar-refractivity contribution in [2.75, 3.05) is 0 Å². The van der Waals surface area contributed by atoms with Gasteiger partial charge in [0.1, 0.15) is 0 Å². The highest BCUT2D eigenvalue weighted by Gasteiger charge is 2.21. The average Bonchev–Trinajstić information content (AvgIpc) is 2.17. The van der Waals surface area contributed by atoms with E-state index in [-0.39, 0.29) is 17.7 Å². The lowest BCUT2D eigenvalue weighted by Crippen LogP contribution is -2.03. The molecule has 0 bridgehead atoms. The highest BCUT2D eigenvalue weighted by Crippen LogP contribution is 2.29. The monoisotopic (exact) mass is 206 g/mol. The van der Waals surface area contributed by atoms with Crippen molar-refractivity contribution in [2.45, 2.75) is 19.4 Å². The van der Waals surface area contributed by atoms with Gasteiger partial charge in [-0.05, 0) is 13.0 Å². The first kappa shape index (κ1) is 11.1. The normalized spacial score (nSPS) is 11.8. The van der Waals surface area contributed by atoms with Crippen LogP contribution in [0, 0.1) is 28.4 Å². The zero-order valence-electron chi connectivity index (χ0n) is 8.17. The first-order valence-corrected chi connectivity index (χ1v) is 4.37. The van der Waals surface area contributed by atoms with Crippen LogP contribution in [0.25, 0.3) is 0 Å². The van der Waals surface area contributed by atoms with Crippen LogP contribution in [0.15, 0.2) is 18.2 Å². The molecule has 0 spiro atoms. The van der Waals surface area contributed by atoms with E-state index in [1.54, 1.807) is 25.1 Å². The molecule has 5 nitrogen and oxygen atoms in total. The van der Waals surface area contributed by atoms with E-state index in [4.69, 9.17) is 5.26 Å².